The zero-order valence-corrected chi connectivity index (χ0v) is 16.7. The van der Waals surface area contributed by atoms with E-state index in [1.165, 1.54) is 0 Å². The van der Waals surface area contributed by atoms with Crippen LogP contribution in [0.15, 0.2) is 33.4 Å². The number of carbonyl (C=O) groups is 1. The first-order valence-corrected chi connectivity index (χ1v) is 11.2. The van der Waals surface area contributed by atoms with Crippen molar-refractivity contribution in [3.63, 3.8) is 0 Å². The van der Waals surface area contributed by atoms with E-state index in [-0.39, 0.29) is 11.1 Å². The highest BCUT2D eigenvalue weighted by Gasteiger charge is 2.40. The summed E-state index contributed by atoms with van der Waals surface area (Å²) >= 11 is 0. The third-order valence-corrected chi connectivity index (χ3v) is 7.45. The van der Waals surface area contributed by atoms with Gasteiger partial charge in [-0.05, 0) is 49.2 Å². The standard InChI is InChI=1S/C17H25F3N6O2S/c1-8-5-6-10-13(8)23-11-4-2-3-9(11)14(10)24-17(27)25-29(21,28)12-7-22-26(15(12)18)16(19)20/h8,13,16,22-23,28H,2-7,21H2,1H3,(H2,24,25,27). The van der Waals surface area contributed by atoms with E-state index in [4.69, 9.17) is 5.14 Å². The molecule has 2 heterocycles. The Kier molecular flexibility index (Phi) is 5.21. The molecule has 3 atom stereocenters. The molecule has 3 unspecified atom stereocenters. The minimum absolute atomic E-state index is 0.0305. The molecule has 29 heavy (non-hydrogen) atoms. The van der Waals surface area contributed by atoms with Crippen molar-refractivity contribution >= 4 is 16.7 Å². The Morgan fingerprint density at radius 3 is 2.83 bits per heavy atom. The minimum atomic E-state index is -3.63. The van der Waals surface area contributed by atoms with Gasteiger partial charge in [0, 0.05) is 22.1 Å². The lowest BCUT2D eigenvalue weighted by molar-refractivity contribution is -0.0404. The Balaban J connectivity index is 1.53. The summed E-state index contributed by atoms with van der Waals surface area (Å²) in [6, 6.07) is -0.632. The molecule has 0 aromatic heterocycles. The number of nitrogens with one attached hydrogen (secondary N) is 4. The Labute approximate surface area is 168 Å². The lowest BCUT2D eigenvalue weighted by atomic mass is 9.94. The number of amides is 2. The van der Waals surface area contributed by atoms with Crippen LogP contribution >= 0.6 is 10.7 Å². The highest BCUT2D eigenvalue weighted by Crippen LogP contribution is 2.45. The fraction of sp³-hybridized carbons (Fsp3) is 0.588. The Morgan fingerprint density at radius 2 is 2.14 bits per heavy atom. The van der Waals surface area contributed by atoms with E-state index in [0.717, 1.165) is 54.6 Å². The average molecular weight is 434 g/mol. The van der Waals surface area contributed by atoms with Crippen LogP contribution in [0.2, 0.25) is 0 Å². The van der Waals surface area contributed by atoms with Crippen molar-refractivity contribution in [2.24, 2.45) is 11.1 Å². The van der Waals surface area contributed by atoms with Gasteiger partial charge in [-0.1, -0.05) is 6.92 Å². The van der Waals surface area contributed by atoms with Gasteiger partial charge in [0.2, 0.25) is 5.95 Å². The largest absolute Gasteiger partial charge is 0.381 e. The van der Waals surface area contributed by atoms with Gasteiger partial charge in [0.15, 0.2) is 0 Å². The summed E-state index contributed by atoms with van der Waals surface area (Å²) in [6.07, 6.45) is 4.57. The zero-order chi connectivity index (χ0) is 20.9. The molecule has 4 aliphatic rings. The van der Waals surface area contributed by atoms with Gasteiger partial charge < -0.3 is 15.2 Å². The van der Waals surface area contributed by atoms with Crippen LogP contribution < -0.4 is 25.9 Å². The van der Waals surface area contributed by atoms with Gasteiger partial charge in [0.25, 0.3) is 0 Å². The van der Waals surface area contributed by atoms with E-state index >= 15 is 0 Å². The molecule has 2 aliphatic carbocycles. The molecular weight excluding hydrogens is 409 g/mol. The number of halogens is 3. The predicted molar refractivity (Wildman–Crippen MR) is 103 cm³/mol. The summed E-state index contributed by atoms with van der Waals surface area (Å²) < 4.78 is 52.3. The number of allylic oxidation sites excluding steroid dienone is 2. The second kappa shape index (κ2) is 7.42. The number of urea groups is 1. The SMILES string of the molecule is CC1CCC2=C(NC(=O)NS(N)(O)C3=C(F)N(C(F)F)NC3)C3=C(CCC3)NC21. The lowest BCUT2D eigenvalue weighted by Crippen LogP contribution is -2.44. The van der Waals surface area contributed by atoms with Crippen LogP contribution in [0.4, 0.5) is 18.0 Å². The molecule has 12 heteroatoms. The highest BCUT2D eigenvalue weighted by atomic mass is 32.3. The summed E-state index contributed by atoms with van der Waals surface area (Å²) in [5, 5.41) is 12.1. The van der Waals surface area contributed by atoms with Crippen molar-refractivity contribution in [3.05, 3.63) is 33.4 Å². The van der Waals surface area contributed by atoms with Crippen LogP contribution in [0.1, 0.15) is 39.0 Å². The Hall–Kier alpha value is -1.89. The van der Waals surface area contributed by atoms with E-state index in [2.05, 4.69) is 27.7 Å². The maximum absolute atomic E-state index is 14.2. The van der Waals surface area contributed by atoms with E-state index in [9.17, 15) is 22.5 Å². The van der Waals surface area contributed by atoms with Crippen LogP contribution in [0.3, 0.4) is 0 Å². The van der Waals surface area contributed by atoms with E-state index in [1.807, 2.05) is 0 Å². The van der Waals surface area contributed by atoms with Crippen molar-refractivity contribution in [3.8, 4) is 0 Å². The maximum Gasteiger partial charge on any atom is 0.330 e. The quantitative estimate of drug-likeness (QED) is 0.379. The molecule has 8 nitrogen and oxygen atoms in total. The van der Waals surface area contributed by atoms with Crippen molar-refractivity contribution in [1.29, 1.82) is 0 Å². The first-order valence-electron chi connectivity index (χ1n) is 9.53. The van der Waals surface area contributed by atoms with Crippen LogP contribution in [-0.4, -0.2) is 34.7 Å². The molecule has 2 aliphatic heterocycles. The van der Waals surface area contributed by atoms with Crippen molar-refractivity contribution in [2.75, 3.05) is 6.54 Å². The number of carbonyl (C=O) groups excluding carboxylic acids is 1. The summed E-state index contributed by atoms with van der Waals surface area (Å²) in [7, 11) is -3.63. The van der Waals surface area contributed by atoms with Crippen LogP contribution in [0, 0.1) is 5.92 Å². The molecule has 0 saturated heterocycles. The minimum Gasteiger partial charge on any atom is -0.381 e. The van der Waals surface area contributed by atoms with Gasteiger partial charge in [0.1, 0.15) is 0 Å². The molecule has 7 N–H and O–H groups in total. The molecule has 1 saturated carbocycles. The number of nitrogens with zero attached hydrogens (tertiary/aromatic N) is 1. The van der Waals surface area contributed by atoms with Crippen molar-refractivity contribution in [2.45, 2.75) is 51.6 Å². The third-order valence-electron chi connectivity index (χ3n) is 5.89. The van der Waals surface area contributed by atoms with Crippen LogP contribution in [0.25, 0.3) is 0 Å². The monoisotopic (exact) mass is 434 g/mol. The van der Waals surface area contributed by atoms with Gasteiger partial charge in [-0.3, -0.25) is 9.86 Å². The lowest BCUT2D eigenvalue weighted by Gasteiger charge is -2.33. The molecular formula is C17H25F3N6O2S. The number of alkyl halides is 2. The zero-order valence-electron chi connectivity index (χ0n) is 15.9. The first kappa shape index (κ1) is 20.4. The number of hydrogen-bond acceptors (Lipinski definition) is 6. The number of rotatable bonds is 4. The molecule has 0 aromatic carbocycles. The second-order valence-electron chi connectivity index (χ2n) is 7.73. The molecule has 0 aromatic rings. The van der Waals surface area contributed by atoms with Gasteiger partial charge >= 0.3 is 12.6 Å². The molecule has 0 spiro atoms. The van der Waals surface area contributed by atoms with Crippen molar-refractivity contribution in [1.82, 2.24) is 25.8 Å². The number of fused-ring (bicyclic) bond motifs is 1. The van der Waals surface area contributed by atoms with E-state index in [1.54, 1.807) is 0 Å². The Morgan fingerprint density at radius 1 is 1.38 bits per heavy atom. The number of hydrazine groups is 1. The van der Waals surface area contributed by atoms with Gasteiger partial charge in [-0.25, -0.2) is 15.2 Å². The molecule has 162 valence electrons. The van der Waals surface area contributed by atoms with E-state index in [0.29, 0.717) is 5.92 Å². The van der Waals surface area contributed by atoms with Gasteiger partial charge in [0.05, 0.1) is 17.5 Å². The maximum atomic E-state index is 14.2. The fourth-order valence-electron chi connectivity index (χ4n) is 4.44. The van der Waals surface area contributed by atoms with E-state index < -0.39 is 40.7 Å². The number of nitrogens with two attached hydrogens (primary N) is 1. The molecule has 2 amide bonds. The van der Waals surface area contributed by atoms with Crippen molar-refractivity contribution < 1.29 is 22.5 Å². The normalized spacial score (nSPS) is 29.7. The van der Waals surface area contributed by atoms with Crippen LogP contribution in [-0.2, 0) is 0 Å². The Bertz CT molecular complexity index is 828. The predicted octanol–water partition coefficient (Wildman–Crippen LogP) is 2.63. The second-order valence-corrected chi connectivity index (χ2v) is 9.68. The number of hydrogen-bond donors (Lipinski definition) is 6. The summed E-state index contributed by atoms with van der Waals surface area (Å²) in [5.74, 6) is -0.949. The first-order chi connectivity index (χ1) is 13.7. The molecule has 0 bridgehead atoms. The van der Waals surface area contributed by atoms with Gasteiger partial charge in [-0.2, -0.15) is 13.2 Å². The fourth-order valence-corrected chi connectivity index (χ4v) is 5.54. The summed E-state index contributed by atoms with van der Waals surface area (Å²) in [6.45, 7) is -1.42. The average Bonchev–Trinajstić information content (AvgIpc) is 3.33. The number of dihydropyridines is 1. The molecule has 0 radical (unpaired) electrons. The topological polar surface area (TPSA) is 115 Å². The molecule has 1 fully saturated rings. The summed E-state index contributed by atoms with van der Waals surface area (Å²) in [5.41, 5.74) is 6.13. The van der Waals surface area contributed by atoms with Gasteiger partial charge in [-0.15, -0.1) is 0 Å². The summed E-state index contributed by atoms with van der Waals surface area (Å²) in [4.78, 5) is 12.1. The molecule has 4 rings (SSSR count). The highest BCUT2D eigenvalue weighted by molar-refractivity contribution is 8.29. The smallest absolute Gasteiger partial charge is 0.330 e. The van der Waals surface area contributed by atoms with Crippen LogP contribution in [0.5, 0.6) is 0 Å². The third kappa shape index (κ3) is 3.58.